The van der Waals surface area contributed by atoms with Crippen LogP contribution in [0.4, 0.5) is 0 Å². The summed E-state index contributed by atoms with van der Waals surface area (Å²) in [7, 11) is -0.381. The van der Waals surface area contributed by atoms with Crippen LogP contribution < -0.4 is 5.46 Å². The number of hydrogen-bond donors (Lipinski definition) is 0. The molecule has 0 radical (unpaired) electrons. The summed E-state index contributed by atoms with van der Waals surface area (Å²) in [6.45, 7) is 8.37. The van der Waals surface area contributed by atoms with Gasteiger partial charge in [-0.25, -0.2) is 0 Å². The van der Waals surface area contributed by atoms with Gasteiger partial charge in [-0.05, 0) is 81.7 Å². The summed E-state index contributed by atoms with van der Waals surface area (Å²) in [6, 6.07) is 41.4. The molecule has 8 rings (SSSR count). The number of para-hydroxylation sites is 3. The van der Waals surface area contributed by atoms with Crippen LogP contribution in [-0.4, -0.2) is 27.5 Å². The SMILES string of the molecule is CC1(C)OB(c2ccc(-n3c4ccccc4c4cc5c6ccccc6n(-c6ccccc6)c5cc43)cc2)OC1(C)C. The van der Waals surface area contributed by atoms with Gasteiger partial charge in [0.05, 0.1) is 33.3 Å². The van der Waals surface area contributed by atoms with Crippen molar-refractivity contribution >= 4 is 56.2 Å². The van der Waals surface area contributed by atoms with E-state index >= 15 is 0 Å². The van der Waals surface area contributed by atoms with Gasteiger partial charge in [-0.2, -0.15) is 0 Å². The van der Waals surface area contributed by atoms with Gasteiger partial charge in [0.2, 0.25) is 0 Å². The second kappa shape index (κ2) is 8.59. The predicted octanol–water partition coefficient (Wildman–Crippen LogP) is 8.18. The number of nitrogens with zero attached hydrogens (tertiary/aromatic N) is 2. The molecular weight excluding hydrogens is 503 g/mol. The molecule has 0 aliphatic carbocycles. The van der Waals surface area contributed by atoms with Gasteiger partial charge in [-0.3, -0.25) is 0 Å². The highest BCUT2D eigenvalue weighted by molar-refractivity contribution is 6.62. The predicted molar refractivity (Wildman–Crippen MR) is 171 cm³/mol. The molecule has 0 spiro atoms. The van der Waals surface area contributed by atoms with Gasteiger partial charge in [0.15, 0.2) is 0 Å². The maximum atomic E-state index is 6.32. The fraction of sp³-hybridized carbons (Fsp3) is 0.167. The molecule has 0 unspecified atom stereocenters. The highest BCUT2D eigenvalue weighted by Crippen LogP contribution is 2.40. The van der Waals surface area contributed by atoms with E-state index in [0.717, 1.165) is 16.8 Å². The van der Waals surface area contributed by atoms with Gasteiger partial charge < -0.3 is 18.4 Å². The lowest BCUT2D eigenvalue weighted by Gasteiger charge is -2.32. The summed E-state index contributed by atoms with van der Waals surface area (Å²) in [6.07, 6.45) is 0. The lowest BCUT2D eigenvalue weighted by Crippen LogP contribution is -2.41. The minimum Gasteiger partial charge on any atom is -0.399 e. The zero-order chi connectivity index (χ0) is 27.9. The summed E-state index contributed by atoms with van der Waals surface area (Å²) in [4.78, 5) is 0. The highest BCUT2D eigenvalue weighted by atomic mass is 16.7. The van der Waals surface area contributed by atoms with Gasteiger partial charge in [0.25, 0.3) is 0 Å². The van der Waals surface area contributed by atoms with E-state index in [9.17, 15) is 0 Å². The third-order valence-electron chi connectivity index (χ3n) is 9.16. The molecule has 1 saturated heterocycles. The molecule has 0 N–H and O–H groups in total. The van der Waals surface area contributed by atoms with Crippen molar-refractivity contribution < 1.29 is 9.31 Å². The Morgan fingerprint density at radius 3 is 1.46 bits per heavy atom. The van der Waals surface area contributed by atoms with Crippen LogP contribution in [0.5, 0.6) is 0 Å². The Morgan fingerprint density at radius 2 is 0.927 bits per heavy atom. The minimum atomic E-state index is -0.381. The first-order chi connectivity index (χ1) is 19.8. The molecule has 5 heteroatoms. The van der Waals surface area contributed by atoms with Crippen molar-refractivity contribution in [1.29, 1.82) is 0 Å². The van der Waals surface area contributed by atoms with Gasteiger partial charge in [-0.15, -0.1) is 0 Å². The van der Waals surface area contributed by atoms with Crippen LogP contribution in [0.25, 0.3) is 55.0 Å². The molecule has 41 heavy (non-hydrogen) atoms. The Morgan fingerprint density at radius 1 is 0.463 bits per heavy atom. The molecule has 4 nitrogen and oxygen atoms in total. The lowest BCUT2D eigenvalue weighted by molar-refractivity contribution is 0.00578. The number of benzene rings is 5. The quantitative estimate of drug-likeness (QED) is 0.214. The summed E-state index contributed by atoms with van der Waals surface area (Å²) in [5.74, 6) is 0. The average Bonchev–Trinajstić information content (AvgIpc) is 3.56. The second-order valence-electron chi connectivity index (χ2n) is 12.1. The van der Waals surface area contributed by atoms with Gasteiger partial charge in [0.1, 0.15) is 0 Å². The third kappa shape index (κ3) is 3.56. The lowest BCUT2D eigenvalue weighted by atomic mass is 9.79. The molecule has 3 heterocycles. The number of fused-ring (bicyclic) bond motifs is 6. The number of aromatic nitrogens is 2. The molecule has 1 aliphatic rings. The van der Waals surface area contributed by atoms with Crippen molar-refractivity contribution in [2.24, 2.45) is 0 Å². The van der Waals surface area contributed by atoms with Crippen molar-refractivity contribution in [3.63, 3.8) is 0 Å². The van der Waals surface area contributed by atoms with E-state index in [4.69, 9.17) is 9.31 Å². The summed E-state index contributed by atoms with van der Waals surface area (Å²) < 4.78 is 17.4. The highest BCUT2D eigenvalue weighted by Gasteiger charge is 2.51. The van der Waals surface area contributed by atoms with Gasteiger partial charge >= 0.3 is 7.12 Å². The maximum Gasteiger partial charge on any atom is 0.494 e. The molecule has 0 saturated carbocycles. The molecule has 1 fully saturated rings. The fourth-order valence-corrected chi connectivity index (χ4v) is 6.32. The Hall–Kier alpha value is -4.32. The van der Waals surface area contributed by atoms with E-state index in [-0.39, 0.29) is 18.3 Å². The molecule has 2 aromatic heterocycles. The first-order valence-electron chi connectivity index (χ1n) is 14.3. The number of rotatable bonds is 3. The van der Waals surface area contributed by atoms with E-state index in [1.807, 2.05) is 0 Å². The largest absolute Gasteiger partial charge is 0.494 e. The zero-order valence-electron chi connectivity index (χ0n) is 23.8. The zero-order valence-corrected chi connectivity index (χ0v) is 23.8. The smallest absolute Gasteiger partial charge is 0.399 e. The molecule has 200 valence electrons. The molecule has 0 bridgehead atoms. The van der Waals surface area contributed by atoms with Crippen LogP contribution in [0.3, 0.4) is 0 Å². The van der Waals surface area contributed by atoms with Crippen molar-refractivity contribution in [2.45, 2.75) is 38.9 Å². The Balaban J connectivity index is 1.36. The molecule has 7 aromatic rings. The molecule has 5 aromatic carbocycles. The molecular formula is C36H31BN2O2. The molecule has 1 aliphatic heterocycles. The van der Waals surface area contributed by atoms with Crippen molar-refractivity contribution in [2.75, 3.05) is 0 Å². The summed E-state index contributed by atoms with van der Waals surface area (Å²) in [5, 5.41) is 5.02. The van der Waals surface area contributed by atoms with Crippen LogP contribution in [0.1, 0.15) is 27.7 Å². The fourth-order valence-electron chi connectivity index (χ4n) is 6.32. The van der Waals surface area contributed by atoms with E-state index < -0.39 is 0 Å². The van der Waals surface area contributed by atoms with Crippen LogP contribution in [0.15, 0.2) is 115 Å². The standard InChI is InChI=1S/C36H31BN2O2/c1-35(2)36(3,4)41-37(40-35)24-18-20-26(21-19-24)39-32-17-11-9-15-28(32)30-22-29-27-14-8-10-16-31(27)38(33(29)23-34(30)39)25-12-6-5-7-13-25/h5-23H,1-4H3. The Labute approximate surface area is 239 Å². The van der Waals surface area contributed by atoms with E-state index in [1.165, 1.54) is 43.6 Å². The van der Waals surface area contributed by atoms with Gasteiger partial charge in [-0.1, -0.05) is 66.7 Å². The normalized spacial score (nSPS) is 16.4. The van der Waals surface area contributed by atoms with Crippen molar-refractivity contribution in [3.8, 4) is 11.4 Å². The molecule has 0 amide bonds. The van der Waals surface area contributed by atoms with Crippen molar-refractivity contribution in [3.05, 3.63) is 115 Å². The van der Waals surface area contributed by atoms with Crippen LogP contribution in [0, 0.1) is 0 Å². The minimum absolute atomic E-state index is 0.369. The summed E-state index contributed by atoms with van der Waals surface area (Å²) >= 11 is 0. The van der Waals surface area contributed by atoms with E-state index in [2.05, 4.69) is 152 Å². The van der Waals surface area contributed by atoms with Gasteiger partial charge in [0, 0.05) is 32.9 Å². The van der Waals surface area contributed by atoms with E-state index in [1.54, 1.807) is 0 Å². The van der Waals surface area contributed by atoms with Crippen molar-refractivity contribution in [1.82, 2.24) is 9.13 Å². The number of hydrogen-bond acceptors (Lipinski definition) is 2. The average molecular weight is 534 g/mol. The van der Waals surface area contributed by atoms with Crippen LogP contribution in [0.2, 0.25) is 0 Å². The Kier molecular flexibility index (Phi) is 5.13. The van der Waals surface area contributed by atoms with Crippen LogP contribution in [-0.2, 0) is 9.31 Å². The topological polar surface area (TPSA) is 28.3 Å². The third-order valence-corrected chi connectivity index (χ3v) is 9.16. The van der Waals surface area contributed by atoms with E-state index in [0.29, 0.717) is 0 Å². The second-order valence-corrected chi connectivity index (χ2v) is 12.1. The molecule has 0 atom stereocenters. The monoisotopic (exact) mass is 534 g/mol. The van der Waals surface area contributed by atoms with Crippen LogP contribution >= 0.6 is 0 Å². The maximum absolute atomic E-state index is 6.32. The summed E-state index contributed by atoms with van der Waals surface area (Å²) in [5.41, 5.74) is 7.34. The first kappa shape index (κ1) is 24.5. The first-order valence-corrected chi connectivity index (χ1v) is 14.3. The Bertz CT molecular complexity index is 2090.